The van der Waals surface area contributed by atoms with Crippen molar-refractivity contribution in [3.8, 4) is 0 Å². The SMILES string of the molecule is CC(C)(C)OC(=O)N[C@@H](Cc1ccc2ccc3cccc4ccc1c2c34)C(=O)OCc1ccccc1. The molecule has 1 atom stereocenters. The summed E-state index contributed by atoms with van der Waals surface area (Å²) in [6, 6.07) is 27.4. The van der Waals surface area contributed by atoms with Crippen LogP contribution in [0.25, 0.3) is 32.3 Å². The first-order valence-electron chi connectivity index (χ1n) is 12.1. The Kier molecular flexibility index (Phi) is 6.23. The lowest BCUT2D eigenvalue weighted by atomic mass is 9.90. The third-order valence-electron chi connectivity index (χ3n) is 6.24. The molecular formula is C31H29NO4. The molecule has 1 N–H and O–H groups in total. The van der Waals surface area contributed by atoms with Gasteiger partial charge in [0.1, 0.15) is 18.2 Å². The molecule has 182 valence electrons. The predicted molar refractivity (Wildman–Crippen MR) is 143 cm³/mol. The standard InChI is InChI=1S/C31H29NO4/c1-31(2,3)36-30(34)32-26(29(33)35-19-20-8-5-4-6-9-20)18-24-15-14-23-13-12-21-10-7-11-22-16-17-25(24)28(23)27(21)22/h4-17,26H,18-19H2,1-3H3,(H,32,34)/t26-/m0/s1. The quantitative estimate of drug-likeness (QED) is 0.216. The number of carbonyl (C=O) groups excluding carboxylic acids is 2. The Morgan fingerprint density at radius 2 is 1.42 bits per heavy atom. The molecule has 0 saturated carbocycles. The fourth-order valence-corrected chi connectivity index (χ4v) is 4.67. The second kappa shape index (κ2) is 9.50. The molecule has 0 aromatic heterocycles. The van der Waals surface area contributed by atoms with Crippen molar-refractivity contribution in [1.82, 2.24) is 5.32 Å². The van der Waals surface area contributed by atoms with E-state index in [0.717, 1.165) is 27.3 Å². The van der Waals surface area contributed by atoms with Gasteiger partial charge >= 0.3 is 12.1 Å². The summed E-state index contributed by atoms with van der Waals surface area (Å²) < 4.78 is 11.1. The minimum absolute atomic E-state index is 0.130. The maximum atomic E-state index is 13.2. The summed E-state index contributed by atoms with van der Waals surface area (Å²) in [4.78, 5) is 25.8. The maximum absolute atomic E-state index is 13.2. The lowest BCUT2D eigenvalue weighted by Crippen LogP contribution is -2.45. The van der Waals surface area contributed by atoms with E-state index in [2.05, 4.69) is 53.8 Å². The molecule has 0 bridgehead atoms. The van der Waals surface area contributed by atoms with Crippen LogP contribution in [0.2, 0.25) is 0 Å². The van der Waals surface area contributed by atoms with Crippen LogP contribution in [0, 0.1) is 0 Å². The van der Waals surface area contributed by atoms with Crippen molar-refractivity contribution < 1.29 is 19.1 Å². The number of amides is 1. The molecule has 0 unspecified atom stereocenters. The Hall–Kier alpha value is -4.12. The van der Waals surface area contributed by atoms with Crippen molar-refractivity contribution in [2.75, 3.05) is 0 Å². The first kappa shape index (κ1) is 23.6. The molecule has 1 amide bonds. The molecule has 0 aliphatic heterocycles. The molecule has 0 aliphatic carbocycles. The minimum Gasteiger partial charge on any atom is -0.459 e. The van der Waals surface area contributed by atoms with Crippen LogP contribution in [0.15, 0.2) is 84.9 Å². The van der Waals surface area contributed by atoms with Crippen LogP contribution >= 0.6 is 0 Å². The zero-order valence-electron chi connectivity index (χ0n) is 20.7. The molecule has 0 radical (unpaired) electrons. The van der Waals surface area contributed by atoms with Crippen LogP contribution in [-0.4, -0.2) is 23.7 Å². The molecule has 0 fully saturated rings. The third-order valence-corrected chi connectivity index (χ3v) is 6.24. The molecule has 0 heterocycles. The van der Waals surface area contributed by atoms with Crippen LogP contribution in [0.4, 0.5) is 4.79 Å². The fraction of sp³-hybridized carbons (Fsp3) is 0.226. The van der Waals surface area contributed by atoms with E-state index in [1.54, 1.807) is 20.8 Å². The van der Waals surface area contributed by atoms with Gasteiger partial charge in [0, 0.05) is 6.42 Å². The highest BCUT2D eigenvalue weighted by Gasteiger charge is 2.27. The molecule has 0 saturated heterocycles. The van der Waals surface area contributed by atoms with E-state index in [1.165, 1.54) is 16.2 Å². The molecule has 5 rings (SSSR count). The van der Waals surface area contributed by atoms with Gasteiger partial charge in [-0.05, 0) is 64.2 Å². The molecule has 0 spiro atoms. The van der Waals surface area contributed by atoms with Gasteiger partial charge in [-0.3, -0.25) is 0 Å². The van der Waals surface area contributed by atoms with Gasteiger partial charge < -0.3 is 14.8 Å². The van der Waals surface area contributed by atoms with E-state index in [9.17, 15) is 9.59 Å². The smallest absolute Gasteiger partial charge is 0.408 e. The van der Waals surface area contributed by atoms with Gasteiger partial charge in [-0.25, -0.2) is 9.59 Å². The van der Waals surface area contributed by atoms with Gasteiger partial charge in [0.15, 0.2) is 0 Å². The van der Waals surface area contributed by atoms with E-state index < -0.39 is 23.7 Å². The average molecular weight is 480 g/mol. The highest BCUT2D eigenvalue weighted by Crippen LogP contribution is 2.36. The van der Waals surface area contributed by atoms with Crippen molar-refractivity contribution in [3.63, 3.8) is 0 Å². The average Bonchev–Trinajstić information content (AvgIpc) is 2.85. The van der Waals surface area contributed by atoms with Gasteiger partial charge in [0.2, 0.25) is 0 Å². The zero-order valence-corrected chi connectivity index (χ0v) is 20.7. The summed E-state index contributed by atoms with van der Waals surface area (Å²) in [5.74, 6) is -0.504. The van der Waals surface area contributed by atoms with Crippen molar-refractivity contribution in [2.24, 2.45) is 0 Å². The van der Waals surface area contributed by atoms with E-state index >= 15 is 0 Å². The Balaban J connectivity index is 1.48. The number of rotatable bonds is 6. The molecule has 0 aliphatic rings. The van der Waals surface area contributed by atoms with E-state index in [-0.39, 0.29) is 13.0 Å². The third kappa shape index (κ3) is 4.96. The summed E-state index contributed by atoms with van der Waals surface area (Å²) in [6.45, 7) is 5.49. The summed E-state index contributed by atoms with van der Waals surface area (Å²) in [5, 5.41) is 9.67. The van der Waals surface area contributed by atoms with Crippen molar-refractivity contribution in [3.05, 3.63) is 96.1 Å². The van der Waals surface area contributed by atoms with Crippen LogP contribution in [0.1, 0.15) is 31.9 Å². The van der Waals surface area contributed by atoms with Gasteiger partial charge in [0.05, 0.1) is 0 Å². The summed E-state index contributed by atoms with van der Waals surface area (Å²) in [7, 11) is 0. The number of hydrogen-bond acceptors (Lipinski definition) is 4. The molecule has 5 aromatic rings. The van der Waals surface area contributed by atoms with Crippen molar-refractivity contribution in [2.45, 2.75) is 45.4 Å². The largest absolute Gasteiger partial charge is 0.459 e. The van der Waals surface area contributed by atoms with E-state index in [0.29, 0.717) is 0 Å². The lowest BCUT2D eigenvalue weighted by molar-refractivity contribution is -0.147. The fourth-order valence-electron chi connectivity index (χ4n) is 4.67. The number of ether oxygens (including phenoxy) is 2. The molecule has 5 heteroatoms. The number of benzene rings is 5. The van der Waals surface area contributed by atoms with E-state index in [1.807, 2.05) is 36.4 Å². The van der Waals surface area contributed by atoms with Gasteiger partial charge in [-0.1, -0.05) is 84.9 Å². The Morgan fingerprint density at radius 1 is 0.778 bits per heavy atom. The van der Waals surface area contributed by atoms with Gasteiger partial charge in [0.25, 0.3) is 0 Å². The number of carbonyl (C=O) groups is 2. The maximum Gasteiger partial charge on any atom is 0.408 e. The summed E-state index contributed by atoms with van der Waals surface area (Å²) in [5.41, 5.74) is 1.15. The van der Waals surface area contributed by atoms with Crippen LogP contribution in [0.3, 0.4) is 0 Å². The number of hydrogen-bond donors (Lipinski definition) is 1. The van der Waals surface area contributed by atoms with Gasteiger partial charge in [-0.15, -0.1) is 0 Å². The Morgan fingerprint density at radius 3 is 2.11 bits per heavy atom. The van der Waals surface area contributed by atoms with Gasteiger partial charge in [-0.2, -0.15) is 0 Å². The van der Waals surface area contributed by atoms with Crippen LogP contribution in [0.5, 0.6) is 0 Å². The monoisotopic (exact) mass is 479 g/mol. The second-order valence-electron chi connectivity index (χ2n) is 10.1. The first-order valence-corrected chi connectivity index (χ1v) is 12.1. The Labute approximate surface area is 210 Å². The van der Waals surface area contributed by atoms with Crippen LogP contribution in [-0.2, 0) is 27.3 Å². The molecule has 36 heavy (non-hydrogen) atoms. The highest BCUT2D eigenvalue weighted by molar-refractivity contribution is 6.23. The van der Waals surface area contributed by atoms with E-state index in [4.69, 9.17) is 9.47 Å². The minimum atomic E-state index is -0.901. The summed E-state index contributed by atoms with van der Waals surface area (Å²) >= 11 is 0. The normalized spacial score (nSPS) is 12.6. The molecule has 5 aromatic carbocycles. The highest BCUT2D eigenvalue weighted by atomic mass is 16.6. The summed E-state index contributed by atoms with van der Waals surface area (Å²) in [6.07, 6.45) is -0.372. The predicted octanol–water partition coefficient (Wildman–Crippen LogP) is 6.76. The second-order valence-corrected chi connectivity index (χ2v) is 10.1. The van der Waals surface area contributed by atoms with Crippen molar-refractivity contribution in [1.29, 1.82) is 0 Å². The molecular weight excluding hydrogens is 450 g/mol. The lowest BCUT2D eigenvalue weighted by Gasteiger charge is -2.23. The first-order chi connectivity index (χ1) is 17.3. The Bertz CT molecular complexity index is 1520. The topological polar surface area (TPSA) is 64.6 Å². The van der Waals surface area contributed by atoms with Crippen molar-refractivity contribution >= 4 is 44.4 Å². The van der Waals surface area contributed by atoms with Crippen LogP contribution < -0.4 is 5.32 Å². The zero-order chi connectivity index (χ0) is 25.3. The molecule has 5 nitrogen and oxygen atoms in total. The number of nitrogens with one attached hydrogen (secondary N) is 1. The number of esters is 1. The number of alkyl carbamates (subject to hydrolysis) is 1.